The Bertz CT molecular complexity index is 608. The number of nitrogens with zero attached hydrogens (tertiary/aromatic N) is 2. The van der Waals surface area contributed by atoms with E-state index in [1.54, 1.807) is 18.2 Å². The molecule has 1 aliphatic rings. The molecule has 9 heteroatoms. The minimum Gasteiger partial charge on any atom is -0.378 e. The first-order valence-electron chi connectivity index (χ1n) is 6.10. The lowest BCUT2D eigenvalue weighted by Crippen LogP contribution is -2.42. The lowest BCUT2D eigenvalue weighted by molar-refractivity contribution is -0.0435. The van der Waals surface area contributed by atoms with Crippen molar-refractivity contribution in [2.24, 2.45) is 4.40 Å². The zero-order valence-corrected chi connectivity index (χ0v) is 11.7. The van der Waals surface area contributed by atoms with Crippen LogP contribution in [0, 0.1) is 0 Å². The summed E-state index contributed by atoms with van der Waals surface area (Å²) in [6.45, 7) is 1.16. The maximum atomic E-state index is 12.5. The van der Waals surface area contributed by atoms with Gasteiger partial charge in [0.2, 0.25) is 0 Å². The zero-order chi connectivity index (χ0) is 15.5. The summed E-state index contributed by atoms with van der Waals surface area (Å²) < 4.78 is 68.4. The second-order valence-corrected chi connectivity index (χ2v) is 5.90. The summed E-state index contributed by atoms with van der Waals surface area (Å²) in [5.74, 6) is -0.212. The Balaban J connectivity index is 2.46. The number of sulfonamides is 1. The highest BCUT2D eigenvalue weighted by Crippen LogP contribution is 2.26. The van der Waals surface area contributed by atoms with Crippen LogP contribution in [0.4, 0.5) is 13.2 Å². The van der Waals surface area contributed by atoms with E-state index in [2.05, 4.69) is 4.40 Å². The van der Waals surface area contributed by atoms with Gasteiger partial charge in [0, 0.05) is 18.7 Å². The summed E-state index contributed by atoms with van der Waals surface area (Å²) in [5, 5.41) is 0. The van der Waals surface area contributed by atoms with Crippen molar-refractivity contribution >= 4 is 15.9 Å². The van der Waals surface area contributed by atoms with Gasteiger partial charge in [-0.25, -0.2) is 0 Å². The van der Waals surface area contributed by atoms with Gasteiger partial charge in [0.15, 0.2) is 0 Å². The maximum absolute atomic E-state index is 12.5. The number of amidine groups is 1. The molecule has 2 rings (SSSR count). The summed E-state index contributed by atoms with van der Waals surface area (Å²) >= 11 is 0. The quantitative estimate of drug-likeness (QED) is 0.613. The van der Waals surface area contributed by atoms with Gasteiger partial charge < -0.3 is 9.64 Å². The molecule has 0 amide bonds. The van der Waals surface area contributed by atoms with Crippen LogP contribution in [0.5, 0.6) is 0 Å². The number of halogens is 3. The smallest absolute Gasteiger partial charge is 0.378 e. The van der Waals surface area contributed by atoms with Crippen molar-refractivity contribution < 1.29 is 26.3 Å². The molecule has 1 aromatic carbocycles. The first-order valence-corrected chi connectivity index (χ1v) is 7.54. The Hall–Kier alpha value is -1.61. The lowest BCUT2D eigenvalue weighted by Gasteiger charge is -2.29. The Morgan fingerprint density at radius 2 is 1.71 bits per heavy atom. The van der Waals surface area contributed by atoms with E-state index in [9.17, 15) is 21.6 Å². The molecule has 0 aromatic heterocycles. The van der Waals surface area contributed by atoms with Crippen molar-refractivity contribution in [2.75, 3.05) is 26.3 Å². The molecule has 1 heterocycles. The second kappa shape index (κ2) is 6.02. The van der Waals surface area contributed by atoms with Crippen molar-refractivity contribution in [3.05, 3.63) is 35.9 Å². The third-order valence-corrected chi connectivity index (χ3v) is 3.84. The molecule has 1 aliphatic heterocycles. The Morgan fingerprint density at radius 3 is 2.24 bits per heavy atom. The van der Waals surface area contributed by atoms with Crippen LogP contribution in [-0.4, -0.2) is 51.0 Å². The molecule has 116 valence electrons. The van der Waals surface area contributed by atoms with Crippen molar-refractivity contribution in [3.8, 4) is 0 Å². The minimum absolute atomic E-state index is 0.212. The fourth-order valence-electron chi connectivity index (χ4n) is 1.82. The van der Waals surface area contributed by atoms with Gasteiger partial charge in [0.1, 0.15) is 5.84 Å². The summed E-state index contributed by atoms with van der Waals surface area (Å²) in [5.41, 5.74) is -5.11. The van der Waals surface area contributed by atoms with E-state index < -0.39 is 15.5 Å². The third-order valence-electron chi connectivity index (χ3n) is 2.84. The van der Waals surface area contributed by atoms with Crippen molar-refractivity contribution in [1.82, 2.24) is 4.90 Å². The standard InChI is InChI=1S/C12H13F3N2O3S/c13-12(14,15)21(18,19)16-11(10-4-2-1-3-5-10)17-6-8-20-9-7-17/h1-5H,6-9H2. The average molecular weight is 322 g/mol. The largest absolute Gasteiger partial charge is 0.518 e. The van der Waals surface area contributed by atoms with Gasteiger partial charge in [-0.2, -0.15) is 21.6 Å². The molecule has 0 aliphatic carbocycles. The molecule has 0 radical (unpaired) electrons. The topological polar surface area (TPSA) is 59.0 Å². The molecular weight excluding hydrogens is 309 g/mol. The van der Waals surface area contributed by atoms with Gasteiger partial charge in [-0.1, -0.05) is 30.3 Å². The van der Waals surface area contributed by atoms with Crippen LogP contribution < -0.4 is 0 Å². The SMILES string of the molecule is O=S(=O)(N=C(c1ccccc1)N1CCOCC1)C(F)(F)F. The monoisotopic (exact) mass is 322 g/mol. The zero-order valence-electron chi connectivity index (χ0n) is 10.9. The van der Waals surface area contributed by atoms with Crippen LogP contribution in [0.25, 0.3) is 0 Å². The fraction of sp³-hybridized carbons (Fsp3) is 0.417. The van der Waals surface area contributed by atoms with Gasteiger partial charge in [-0.3, -0.25) is 0 Å². The molecule has 1 aromatic rings. The van der Waals surface area contributed by atoms with Gasteiger partial charge in [-0.05, 0) is 0 Å². The van der Waals surface area contributed by atoms with E-state index in [1.807, 2.05) is 0 Å². The lowest BCUT2D eigenvalue weighted by atomic mass is 10.2. The number of ether oxygens (including phenoxy) is 1. The molecule has 0 bridgehead atoms. The Morgan fingerprint density at radius 1 is 1.14 bits per heavy atom. The van der Waals surface area contributed by atoms with Crippen LogP contribution >= 0.6 is 0 Å². The number of benzene rings is 1. The minimum atomic E-state index is -5.59. The van der Waals surface area contributed by atoms with E-state index >= 15 is 0 Å². The van der Waals surface area contributed by atoms with E-state index in [4.69, 9.17) is 4.74 Å². The summed E-state index contributed by atoms with van der Waals surface area (Å²) in [4.78, 5) is 1.47. The van der Waals surface area contributed by atoms with Crippen LogP contribution in [0.1, 0.15) is 5.56 Å². The molecule has 0 spiro atoms. The summed E-state index contributed by atoms with van der Waals surface area (Å²) in [6, 6.07) is 7.91. The number of morpholine rings is 1. The van der Waals surface area contributed by atoms with Crippen LogP contribution in [0.15, 0.2) is 34.7 Å². The number of rotatable bonds is 2. The predicted molar refractivity (Wildman–Crippen MR) is 70.3 cm³/mol. The van der Waals surface area contributed by atoms with Gasteiger partial charge in [0.25, 0.3) is 0 Å². The normalized spacial score (nSPS) is 17.9. The predicted octanol–water partition coefficient (Wildman–Crippen LogP) is 1.61. The number of alkyl halides is 3. The first-order chi connectivity index (χ1) is 9.81. The van der Waals surface area contributed by atoms with Crippen LogP contribution in [-0.2, 0) is 14.8 Å². The highest BCUT2D eigenvalue weighted by atomic mass is 32.2. The highest BCUT2D eigenvalue weighted by molar-refractivity contribution is 7.91. The van der Waals surface area contributed by atoms with E-state index in [1.165, 1.54) is 17.0 Å². The van der Waals surface area contributed by atoms with Crippen LogP contribution in [0.3, 0.4) is 0 Å². The van der Waals surface area contributed by atoms with Crippen molar-refractivity contribution in [2.45, 2.75) is 5.51 Å². The molecule has 1 saturated heterocycles. The van der Waals surface area contributed by atoms with E-state index in [0.29, 0.717) is 18.8 Å². The molecule has 0 atom stereocenters. The van der Waals surface area contributed by atoms with Crippen molar-refractivity contribution in [1.29, 1.82) is 0 Å². The highest BCUT2D eigenvalue weighted by Gasteiger charge is 2.46. The number of hydrogen-bond acceptors (Lipinski definition) is 3. The summed E-state index contributed by atoms with van der Waals surface area (Å²) in [6.07, 6.45) is 0. The second-order valence-electron chi connectivity index (χ2n) is 4.30. The molecule has 0 N–H and O–H groups in total. The Kier molecular flexibility index (Phi) is 4.52. The van der Waals surface area contributed by atoms with E-state index in [-0.39, 0.29) is 18.9 Å². The Labute approximate surface area is 120 Å². The molecule has 21 heavy (non-hydrogen) atoms. The van der Waals surface area contributed by atoms with Crippen LogP contribution in [0.2, 0.25) is 0 Å². The van der Waals surface area contributed by atoms with E-state index in [0.717, 1.165) is 0 Å². The first kappa shape index (κ1) is 15.8. The molecule has 0 saturated carbocycles. The maximum Gasteiger partial charge on any atom is 0.518 e. The van der Waals surface area contributed by atoms with Gasteiger partial charge in [-0.15, -0.1) is 4.40 Å². The van der Waals surface area contributed by atoms with Crippen molar-refractivity contribution in [3.63, 3.8) is 0 Å². The van der Waals surface area contributed by atoms with Gasteiger partial charge in [0.05, 0.1) is 13.2 Å². The number of hydrogen-bond donors (Lipinski definition) is 0. The summed E-state index contributed by atoms with van der Waals surface area (Å²) in [7, 11) is -5.59. The molecule has 1 fully saturated rings. The molecule has 0 unspecified atom stereocenters. The van der Waals surface area contributed by atoms with Gasteiger partial charge >= 0.3 is 15.5 Å². The molecule has 5 nitrogen and oxygen atoms in total. The average Bonchev–Trinajstić information content (AvgIpc) is 2.45. The third kappa shape index (κ3) is 3.73. The molecular formula is C12H13F3N2O3S. The fourth-order valence-corrected chi connectivity index (χ4v) is 2.37.